The molecule has 0 aromatic heterocycles. The van der Waals surface area contributed by atoms with Gasteiger partial charge in [0.2, 0.25) is 0 Å². The van der Waals surface area contributed by atoms with Gasteiger partial charge >= 0.3 is 0 Å². The number of hydrogen-bond acceptors (Lipinski definition) is 2. The smallest absolute Gasteiger partial charge is 0.00965 e. The second kappa shape index (κ2) is 8.26. The maximum atomic E-state index is 3.60. The first-order valence-electron chi connectivity index (χ1n) is 8.45. The van der Waals surface area contributed by atoms with E-state index in [1.54, 1.807) is 0 Å². The quantitative estimate of drug-likeness (QED) is 0.726. The van der Waals surface area contributed by atoms with Crippen molar-refractivity contribution in [2.24, 2.45) is 0 Å². The lowest BCUT2D eigenvalue weighted by Crippen LogP contribution is -2.42. The van der Waals surface area contributed by atoms with Crippen molar-refractivity contribution in [2.45, 2.75) is 97.2 Å². The summed E-state index contributed by atoms with van der Waals surface area (Å²) >= 11 is 0. The van der Waals surface area contributed by atoms with E-state index < -0.39 is 0 Å². The van der Waals surface area contributed by atoms with E-state index in [2.05, 4.69) is 44.8 Å². The summed E-state index contributed by atoms with van der Waals surface area (Å²) in [7, 11) is 0. The van der Waals surface area contributed by atoms with Gasteiger partial charge in [-0.25, -0.2) is 0 Å². The molecule has 2 heteroatoms. The number of likely N-dealkylation sites (tertiary alicyclic amines) is 1. The Kier molecular flexibility index (Phi) is 7.38. The van der Waals surface area contributed by atoms with Gasteiger partial charge < -0.3 is 5.32 Å². The van der Waals surface area contributed by atoms with E-state index in [-0.39, 0.29) is 5.54 Å². The maximum absolute atomic E-state index is 3.60. The molecule has 114 valence electrons. The zero-order valence-electron chi connectivity index (χ0n) is 14.0. The van der Waals surface area contributed by atoms with Gasteiger partial charge in [0.25, 0.3) is 0 Å². The van der Waals surface area contributed by atoms with E-state index >= 15 is 0 Å². The van der Waals surface area contributed by atoms with Crippen molar-refractivity contribution in [2.75, 3.05) is 13.1 Å². The Morgan fingerprint density at radius 2 is 1.95 bits per heavy atom. The Labute approximate surface area is 121 Å². The molecule has 1 aliphatic rings. The minimum absolute atomic E-state index is 0.262. The van der Waals surface area contributed by atoms with E-state index in [1.165, 1.54) is 51.5 Å². The molecule has 1 saturated heterocycles. The van der Waals surface area contributed by atoms with Crippen LogP contribution in [-0.4, -0.2) is 35.6 Å². The average molecular weight is 268 g/mol. The van der Waals surface area contributed by atoms with E-state index in [0.717, 1.165) is 18.6 Å². The molecule has 1 fully saturated rings. The molecule has 2 atom stereocenters. The van der Waals surface area contributed by atoms with Crippen molar-refractivity contribution < 1.29 is 0 Å². The van der Waals surface area contributed by atoms with E-state index in [9.17, 15) is 0 Å². The molecule has 2 unspecified atom stereocenters. The van der Waals surface area contributed by atoms with Crippen LogP contribution >= 0.6 is 0 Å². The zero-order chi connectivity index (χ0) is 14.3. The van der Waals surface area contributed by atoms with Crippen LogP contribution in [0.3, 0.4) is 0 Å². The minimum atomic E-state index is 0.262. The third-order valence-electron chi connectivity index (χ3n) is 4.41. The average Bonchev–Trinajstić information content (AvgIpc) is 2.58. The molecule has 0 aromatic carbocycles. The number of nitrogens with one attached hydrogen (secondary N) is 1. The zero-order valence-corrected chi connectivity index (χ0v) is 14.0. The maximum Gasteiger partial charge on any atom is 0.00965 e. The van der Waals surface area contributed by atoms with Crippen molar-refractivity contribution in [3.05, 3.63) is 0 Å². The molecule has 1 N–H and O–H groups in total. The van der Waals surface area contributed by atoms with Crippen LogP contribution in [-0.2, 0) is 0 Å². The highest BCUT2D eigenvalue weighted by Crippen LogP contribution is 2.23. The fraction of sp³-hybridized carbons (Fsp3) is 1.00. The Balaban J connectivity index is 2.31. The lowest BCUT2D eigenvalue weighted by molar-refractivity contribution is 0.133. The van der Waals surface area contributed by atoms with Gasteiger partial charge in [0.05, 0.1) is 0 Å². The molecule has 1 aliphatic heterocycles. The Bertz CT molecular complexity index is 232. The van der Waals surface area contributed by atoms with E-state index in [4.69, 9.17) is 0 Å². The van der Waals surface area contributed by atoms with Crippen LogP contribution in [0.2, 0.25) is 0 Å². The van der Waals surface area contributed by atoms with Crippen LogP contribution in [0.25, 0.3) is 0 Å². The van der Waals surface area contributed by atoms with Crippen molar-refractivity contribution in [1.82, 2.24) is 10.2 Å². The van der Waals surface area contributed by atoms with Crippen LogP contribution in [0.15, 0.2) is 0 Å². The lowest BCUT2D eigenvalue weighted by atomic mass is 10.0. The molecule has 0 aliphatic carbocycles. The number of hydrogen-bond donors (Lipinski definition) is 1. The van der Waals surface area contributed by atoms with E-state index in [1.807, 2.05) is 0 Å². The molecule has 0 saturated carbocycles. The fourth-order valence-corrected chi connectivity index (χ4v) is 3.25. The SMILES string of the molecule is CCC1CCCCCN1C(C)CCCNC(C)(C)C. The normalized spacial score (nSPS) is 24.2. The molecule has 19 heavy (non-hydrogen) atoms. The summed E-state index contributed by atoms with van der Waals surface area (Å²) in [6.45, 7) is 14.0. The molecule has 0 amide bonds. The molecule has 0 spiro atoms. The van der Waals surface area contributed by atoms with Gasteiger partial charge in [-0.2, -0.15) is 0 Å². The second-order valence-electron chi connectivity index (χ2n) is 7.32. The van der Waals surface area contributed by atoms with Gasteiger partial charge in [-0.05, 0) is 72.9 Å². The Hall–Kier alpha value is -0.0800. The van der Waals surface area contributed by atoms with Gasteiger partial charge in [-0.15, -0.1) is 0 Å². The molecule has 1 rings (SSSR count). The topological polar surface area (TPSA) is 15.3 Å². The highest BCUT2D eigenvalue weighted by atomic mass is 15.2. The largest absolute Gasteiger partial charge is 0.312 e. The molecule has 0 radical (unpaired) electrons. The van der Waals surface area contributed by atoms with Crippen molar-refractivity contribution >= 4 is 0 Å². The summed E-state index contributed by atoms with van der Waals surface area (Å²) in [5, 5.41) is 3.60. The molecular weight excluding hydrogens is 232 g/mol. The van der Waals surface area contributed by atoms with Crippen molar-refractivity contribution in [1.29, 1.82) is 0 Å². The van der Waals surface area contributed by atoms with Crippen LogP contribution < -0.4 is 5.32 Å². The van der Waals surface area contributed by atoms with Crippen LogP contribution in [0, 0.1) is 0 Å². The third-order valence-corrected chi connectivity index (χ3v) is 4.41. The summed E-state index contributed by atoms with van der Waals surface area (Å²) in [5.74, 6) is 0. The first-order chi connectivity index (χ1) is 8.94. The number of rotatable bonds is 6. The summed E-state index contributed by atoms with van der Waals surface area (Å²) in [6.07, 6.45) is 9.65. The molecule has 0 aromatic rings. The predicted molar refractivity (Wildman–Crippen MR) is 85.7 cm³/mol. The summed E-state index contributed by atoms with van der Waals surface area (Å²) in [4.78, 5) is 2.80. The van der Waals surface area contributed by atoms with Crippen molar-refractivity contribution in [3.63, 3.8) is 0 Å². The van der Waals surface area contributed by atoms with Gasteiger partial charge in [0, 0.05) is 17.6 Å². The highest BCUT2D eigenvalue weighted by molar-refractivity contribution is 4.79. The van der Waals surface area contributed by atoms with Gasteiger partial charge in [-0.3, -0.25) is 4.90 Å². The minimum Gasteiger partial charge on any atom is -0.312 e. The standard InChI is InChI=1S/C17H36N2/c1-6-16-12-8-7-9-14-19(16)15(2)11-10-13-18-17(3,4)5/h15-16,18H,6-14H2,1-5H3. The summed E-state index contributed by atoms with van der Waals surface area (Å²) in [5.41, 5.74) is 0.262. The molecule has 1 heterocycles. The Morgan fingerprint density at radius 3 is 2.58 bits per heavy atom. The first kappa shape index (κ1) is 17.0. The van der Waals surface area contributed by atoms with Crippen LogP contribution in [0.5, 0.6) is 0 Å². The van der Waals surface area contributed by atoms with Gasteiger partial charge in [-0.1, -0.05) is 19.8 Å². The number of nitrogens with zero attached hydrogens (tertiary/aromatic N) is 1. The van der Waals surface area contributed by atoms with Crippen LogP contribution in [0.1, 0.15) is 79.6 Å². The van der Waals surface area contributed by atoms with E-state index in [0.29, 0.717) is 0 Å². The second-order valence-corrected chi connectivity index (χ2v) is 7.32. The molecule has 2 nitrogen and oxygen atoms in total. The molecule has 0 bridgehead atoms. The third kappa shape index (κ3) is 6.76. The van der Waals surface area contributed by atoms with Gasteiger partial charge in [0.1, 0.15) is 0 Å². The predicted octanol–water partition coefficient (Wildman–Crippen LogP) is 4.20. The van der Waals surface area contributed by atoms with Gasteiger partial charge in [0.15, 0.2) is 0 Å². The summed E-state index contributed by atoms with van der Waals surface area (Å²) < 4.78 is 0. The fourth-order valence-electron chi connectivity index (χ4n) is 3.25. The monoisotopic (exact) mass is 268 g/mol. The van der Waals surface area contributed by atoms with Crippen molar-refractivity contribution in [3.8, 4) is 0 Å². The first-order valence-corrected chi connectivity index (χ1v) is 8.45. The van der Waals surface area contributed by atoms with Crippen LogP contribution in [0.4, 0.5) is 0 Å². The lowest BCUT2D eigenvalue weighted by Gasteiger charge is -2.35. The highest BCUT2D eigenvalue weighted by Gasteiger charge is 2.23. The summed E-state index contributed by atoms with van der Waals surface area (Å²) in [6, 6.07) is 1.60. The Morgan fingerprint density at radius 1 is 1.21 bits per heavy atom. The molecular formula is C17H36N2.